The molecule has 2 aromatic carbocycles. The SMILES string of the molecule is COC(=O)C(C)c1ccc(NC(=O)N[C@@H]2C[C@H](CO)c3ccccc32)c(C)c1. The molecule has 6 nitrogen and oxygen atoms in total. The Hall–Kier alpha value is -2.86. The van der Waals surface area contributed by atoms with Crippen molar-refractivity contribution in [2.24, 2.45) is 0 Å². The smallest absolute Gasteiger partial charge is 0.319 e. The second-order valence-electron chi connectivity index (χ2n) is 7.21. The average molecular weight is 382 g/mol. The van der Waals surface area contributed by atoms with Gasteiger partial charge in [0.2, 0.25) is 0 Å². The number of anilines is 1. The van der Waals surface area contributed by atoms with Gasteiger partial charge in [0.25, 0.3) is 0 Å². The van der Waals surface area contributed by atoms with Crippen molar-refractivity contribution in [3.8, 4) is 0 Å². The molecule has 0 heterocycles. The normalized spacial score (nSPS) is 18.9. The Bertz CT molecular complexity index is 881. The summed E-state index contributed by atoms with van der Waals surface area (Å²) in [6.07, 6.45) is 0.678. The molecule has 28 heavy (non-hydrogen) atoms. The third kappa shape index (κ3) is 4.02. The predicted molar refractivity (Wildman–Crippen MR) is 107 cm³/mol. The van der Waals surface area contributed by atoms with Gasteiger partial charge in [0.05, 0.1) is 25.7 Å². The maximum Gasteiger partial charge on any atom is 0.319 e. The fraction of sp³-hybridized carbons (Fsp3) is 0.364. The third-order valence-corrected chi connectivity index (χ3v) is 5.41. The molecular weight excluding hydrogens is 356 g/mol. The monoisotopic (exact) mass is 382 g/mol. The van der Waals surface area contributed by atoms with Crippen molar-refractivity contribution in [2.45, 2.75) is 38.1 Å². The summed E-state index contributed by atoms with van der Waals surface area (Å²) in [7, 11) is 1.37. The quantitative estimate of drug-likeness (QED) is 0.690. The van der Waals surface area contributed by atoms with Gasteiger partial charge in [0.1, 0.15) is 0 Å². The van der Waals surface area contributed by atoms with Gasteiger partial charge in [-0.05, 0) is 48.6 Å². The van der Waals surface area contributed by atoms with Crippen molar-refractivity contribution < 1.29 is 19.4 Å². The van der Waals surface area contributed by atoms with Crippen LogP contribution in [0, 0.1) is 6.92 Å². The van der Waals surface area contributed by atoms with Gasteiger partial charge in [-0.25, -0.2) is 4.79 Å². The van der Waals surface area contributed by atoms with Crippen LogP contribution in [0.2, 0.25) is 0 Å². The van der Waals surface area contributed by atoms with Gasteiger partial charge in [-0.1, -0.05) is 36.4 Å². The molecule has 1 aliphatic rings. The van der Waals surface area contributed by atoms with Crippen molar-refractivity contribution in [1.29, 1.82) is 0 Å². The number of nitrogens with one attached hydrogen (secondary N) is 2. The highest BCUT2D eigenvalue weighted by Gasteiger charge is 2.31. The summed E-state index contributed by atoms with van der Waals surface area (Å²) in [5.74, 6) is -0.615. The van der Waals surface area contributed by atoms with Crippen molar-refractivity contribution in [3.05, 3.63) is 64.7 Å². The summed E-state index contributed by atoms with van der Waals surface area (Å²) in [6, 6.07) is 12.9. The lowest BCUT2D eigenvalue weighted by Crippen LogP contribution is -2.32. The number of aliphatic hydroxyl groups excluding tert-OH is 1. The molecule has 0 saturated heterocycles. The van der Waals surface area contributed by atoms with Crippen molar-refractivity contribution >= 4 is 17.7 Å². The number of ether oxygens (including phenoxy) is 1. The van der Waals surface area contributed by atoms with Crippen LogP contribution in [-0.4, -0.2) is 30.8 Å². The van der Waals surface area contributed by atoms with Gasteiger partial charge in [-0.15, -0.1) is 0 Å². The molecular formula is C22H26N2O4. The highest BCUT2D eigenvalue weighted by molar-refractivity contribution is 5.90. The van der Waals surface area contributed by atoms with Gasteiger partial charge < -0.3 is 20.5 Å². The number of aryl methyl sites for hydroxylation is 1. The molecule has 0 radical (unpaired) electrons. The van der Waals surface area contributed by atoms with E-state index in [-0.39, 0.29) is 36.5 Å². The van der Waals surface area contributed by atoms with E-state index >= 15 is 0 Å². The number of hydrogen-bond acceptors (Lipinski definition) is 4. The van der Waals surface area contributed by atoms with Gasteiger partial charge in [-0.2, -0.15) is 0 Å². The van der Waals surface area contributed by atoms with Gasteiger partial charge in [0, 0.05) is 11.6 Å². The molecule has 1 unspecified atom stereocenters. The molecule has 2 amide bonds. The molecule has 148 valence electrons. The van der Waals surface area contributed by atoms with E-state index in [2.05, 4.69) is 10.6 Å². The van der Waals surface area contributed by atoms with Crippen molar-refractivity contribution in [2.75, 3.05) is 19.0 Å². The molecule has 3 N–H and O–H groups in total. The van der Waals surface area contributed by atoms with E-state index in [0.717, 1.165) is 22.3 Å². The first kappa shape index (κ1) is 19.9. The number of aliphatic hydroxyl groups is 1. The summed E-state index contributed by atoms with van der Waals surface area (Å²) in [4.78, 5) is 24.3. The highest BCUT2D eigenvalue weighted by atomic mass is 16.5. The van der Waals surface area contributed by atoms with Gasteiger partial charge in [0.15, 0.2) is 0 Å². The van der Waals surface area contributed by atoms with Crippen LogP contribution >= 0.6 is 0 Å². The zero-order valence-corrected chi connectivity index (χ0v) is 16.4. The average Bonchev–Trinajstić information content (AvgIpc) is 3.06. The number of hydrogen-bond donors (Lipinski definition) is 3. The van der Waals surface area contributed by atoms with E-state index in [9.17, 15) is 14.7 Å². The first-order valence-electron chi connectivity index (χ1n) is 9.40. The standard InChI is InChI=1S/C22H26N2O4/c1-13-10-15(14(2)21(26)28-3)8-9-19(13)23-22(27)24-20-11-16(12-25)17-6-4-5-7-18(17)20/h4-10,14,16,20,25H,11-12H2,1-3H3,(H2,23,24,27)/t14?,16-,20-/m1/s1. The van der Waals surface area contributed by atoms with E-state index in [1.807, 2.05) is 43.3 Å². The van der Waals surface area contributed by atoms with Crippen LogP contribution in [0.5, 0.6) is 0 Å². The lowest BCUT2D eigenvalue weighted by Gasteiger charge is -2.17. The molecule has 0 bridgehead atoms. The van der Waals surface area contributed by atoms with E-state index in [1.54, 1.807) is 13.0 Å². The molecule has 0 saturated carbocycles. The van der Waals surface area contributed by atoms with Crippen LogP contribution in [0.25, 0.3) is 0 Å². The summed E-state index contributed by atoms with van der Waals surface area (Å²) in [6.45, 7) is 3.74. The highest BCUT2D eigenvalue weighted by Crippen LogP contribution is 2.39. The largest absolute Gasteiger partial charge is 0.469 e. The number of carbonyl (C=O) groups is 2. The molecule has 0 spiro atoms. The number of carbonyl (C=O) groups excluding carboxylic acids is 2. The molecule has 0 aromatic heterocycles. The number of amides is 2. The fourth-order valence-corrected chi connectivity index (χ4v) is 3.77. The topological polar surface area (TPSA) is 87.7 Å². The zero-order chi connectivity index (χ0) is 20.3. The molecule has 0 aliphatic heterocycles. The zero-order valence-electron chi connectivity index (χ0n) is 16.4. The number of urea groups is 1. The number of fused-ring (bicyclic) bond motifs is 1. The minimum Gasteiger partial charge on any atom is -0.469 e. The van der Waals surface area contributed by atoms with Crippen LogP contribution in [-0.2, 0) is 9.53 Å². The Kier molecular flexibility index (Phi) is 5.99. The van der Waals surface area contributed by atoms with Crippen LogP contribution in [0.4, 0.5) is 10.5 Å². The van der Waals surface area contributed by atoms with Crippen molar-refractivity contribution in [3.63, 3.8) is 0 Å². The molecule has 1 aliphatic carbocycles. The molecule has 2 aromatic rings. The van der Waals surface area contributed by atoms with Gasteiger partial charge in [-0.3, -0.25) is 4.79 Å². The Labute approximate surface area is 164 Å². The van der Waals surface area contributed by atoms with E-state index in [0.29, 0.717) is 12.1 Å². The van der Waals surface area contributed by atoms with Crippen LogP contribution in [0.3, 0.4) is 0 Å². The Balaban J connectivity index is 1.68. The number of benzene rings is 2. The number of methoxy groups -OCH3 is 1. The minimum absolute atomic E-state index is 0.0438. The number of rotatable bonds is 5. The van der Waals surface area contributed by atoms with Crippen LogP contribution < -0.4 is 10.6 Å². The minimum atomic E-state index is -0.364. The summed E-state index contributed by atoms with van der Waals surface area (Å²) < 4.78 is 4.79. The van der Waals surface area contributed by atoms with E-state index in [4.69, 9.17) is 4.74 Å². The molecule has 3 rings (SSSR count). The second kappa shape index (κ2) is 8.44. The summed E-state index contributed by atoms with van der Waals surface area (Å²) in [5, 5.41) is 15.5. The summed E-state index contributed by atoms with van der Waals surface area (Å²) in [5.41, 5.74) is 4.53. The van der Waals surface area contributed by atoms with Crippen LogP contribution in [0.1, 0.15) is 53.5 Å². The molecule has 6 heteroatoms. The summed E-state index contributed by atoms with van der Waals surface area (Å²) >= 11 is 0. The lowest BCUT2D eigenvalue weighted by atomic mass is 9.98. The lowest BCUT2D eigenvalue weighted by molar-refractivity contribution is -0.141. The van der Waals surface area contributed by atoms with Crippen molar-refractivity contribution in [1.82, 2.24) is 5.32 Å². The van der Waals surface area contributed by atoms with E-state index < -0.39 is 0 Å². The third-order valence-electron chi connectivity index (χ3n) is 5.41. The predicted octanol–water partition coefficient (Wildman–Crippen LogP) is 3.61. The van der Waals surface area contributed by atoms with Crippen LogP contribution in [0.15, 0.2) is 42.5 Å². The molecule has 0 fully saturated rings. The van der Waals surface area contributed by atoms with E-state index in [1.165, 1.54) is 7.11 Å². The first-order chi connectivity index (χ1) is 13.4. The Morgan fingerprint density at radius 3 is 2.57 bits per heavy atom. The second-order valence-corrected chi connectivity index (χ2v) is 7.21. The first-order valence-corrected chi connectivity index (χ1v) is 9.40. The molecule has 3 atom stereocenters. The fourth-order valence-electron chi connectivity index (χ4n) is 3.77. The Morgan fingerprint density at radius 1 is 1.21 bits per heavy atom. The van der Waals surface area contributed by atoms with Gasteiger partial charge >= 0.3 is 12.0 Å². The number of esters is 1. The maximum atomic E-state index is 12.5. The Morgan fingerprint density at radius 2 is 1.93 bits per heavy atom. The maximum absolute atomic E-state index is 12.5.